The quantitative estimate of drug-likeness (QED) is 0.116. The lowest BCUT2D eigenvalue weighted by Crippen LogP contribution is -2.63. The SMILES string of the molecule is CC(C)CC[C@@H](NC(=O)[C@@H](Cc1ccccc1)NC(=O)C(N)Cc1ccccc1)C(=O)N[C@H](CCCCN)C(=O)N1CCC2(CC1)CN(C(=O)CO)C2. The van der Waals surface area contributed by atoms with Gasteiger partial charge >= 0.3 is 0 Å². The molecule has 2 aromatic rings. The van der Waals surface area contributed by atoms with Crippen molar-refractivity contribution < 1.29 is 29.1 Å². The van der Waals surface area contributed by atoms with E-state index in [1.54, 1.807) is 9.80 Å². The monoisotopic (exact) mass is 733 g/mol. The molecule has 53 heavy (non-hydrogen) atoms. The van der Waals surface area contributed by atoms with Gasteiger partial charge in [0.05, 0.1) is 6.04 Å². The van der Waals surface area contributed by atoms with Crippen LogP contribution in [0.2, 0.25) is 0 Å². The molecule has 2 fully saturated rings. The van der Waals surface area contributed by atoms with Gasteiger partial charge in [-0.1, -0.05) is 74.5 Å². The Balaban J connectivity index is 1.45. The maximum atomic E-state index is 14.0. The minimum Gasteiger partial charge on any atom is -0.387 e. The van der Waals surface area contributed by atoms with Crippen molar-refractivity contribution in [2.75, 3.05) is 39.3 Å². The molecule has 1 spiro atoms. The van der Waals surface area contributed by atoms with Crippen LogP contribution in [-0.2, 0) is 36.8 Å². The number of hydrogen-bond donors (Lipinski definition) is 6. The van der Waals surface area contributed by atoms with E-state index < -0.39 is 48.5 Å². The largest absolute Gasteiger partial charge is 0.387 e. The average Bonchev–Trinajstić information content (AvgIpc) is 3.14. The maximum Gasteiger partial charge on any atom is 0.248 e. The van der Waals surface area contributed by atoms with Crippen molar-refractivity contribution in [1.29, 1.82) is 0 Å². The predicted molar refractivity (Wildman–Crippen MR) is 203 cm³/mol. The summed E-state index contributed by atoms with van der Waals surface area (Å²) in [6, 6.07) is 15.1. The lowest BCUT2D eigenvalue weighted by molar-refractivity contribution is -0.153. The van der Waals surface area contributed by atoms with Crippen molar-refractivity contribution >= 4 is 29.5 Å². The molecule has 2 saturated heterocycles. The Morgan fingerprint density at radius 1 is 0.717 bits per heavy atom. The van der Waals surface area contributed by atoms with Crippen LogP contribution in [0.4, 0.5) is 0 Å². The average molecular weight is 734 g/mol. The van der Waals surface area contributed by atoms with Crippen LogP contribution in [0.3, 0.4) is 0 Å². The van der Waals surface area contributed by atoms with Gasteiger partial charge in [-0.05, 0) is 75.0 Å². The third kappa shape index (κ3) is 12.4. The highest BCUT2D eigenvalue weighted by Crippen LogP contribution is 2.40. The zero-order chi connectivity index (χ0) is 38.4. The Morgan fingerprint density at radius 2 is 1.26 bits per heavy atom. The molecule has 4 rings (SSSR count). The fourth-order valence-corrected chi connectivity index (χ4v) is 7.14. The lowest BCUT2D eigenvalue weighted by atomic mass is 9.72. The molecule has 2 heterocycles. The Bertz CT molecular complexity index is 1490. The number of aliphatic hydroxyl groups is 1. The van der Waals surface area contributed by atoms with Crippen LogP contribution in [0.15, 0.2) is 60.7 Å². The molecule has 13 heteroatoms. The van der Waals surface area contributed by atoms with E-state index in [0.29, 0.717) is 71.2 Å². The van der Waals surface area contributed by atoms with Crippen molar-refractivity contribution in [3.8, 4) is 0 Å². The second-order valence-electron chi connectivity index (χ2n) is 15.2. The third-order valence-corrected chi connectivity index (χ3v) is 10.5. The number of carbonyl (C=O) groups is 5. The highest BCUT2D eigenvalue weighted by Gasteiger charge is 2.47. The zero-order valence-electron chi connectivity index (χ0n) is 31.3. The first kappa shape index (κ1) is 41.4. The molecule has 8 N–H and O–H groups in total. The molecule has 0 saturated carbocycles. The summed E-state index contributed by atoms with van der Waals surface area (Å²) in [6.45, 7) is 6.18. The van der Waals surface area contributed by atoms with Gasteiger partial charge in [-0.15, -0.1) is 0 Å². The summed E-state index contributed by atoms with van der Waals surface area (Å²) in [7, 11) is 0. The van der Waals surface area contributed by atoms with Crippen molar-refractivity contribution in [3.05, 3.63) is 71.8 Å². The summed E-state index contributed by atoms with van der Waals surface area (Å²) >= 11 is 0. The summed E-state index contributed by atoms with van der Waals surface area (Å²) < 4.78 is 0. The van der Waals surface area contributed by atoms with E-state index in [4.69, 9.17) is 11.5 Å². The highest BCUT2D eigenvalue weighted by molar-refractivity contribution is 5.95. The van der Waals surface area contributed by atoms with Crippen LogP contribution in [0.1, 0.15) is 69.9 Å². The number of nitrogens with two attached hydrogens (primary N) is 2. The molecule has 0 radical (unpaired) electrons. The Morgan fingerprint density at radius 3 is 1.83 bits per heavy atom. The Labute approximate surface area is 313 Å². The van der Waals surface area contributed by atoms with Gasteiger partial charge in [0.25, 0.3) is 0 Å². The standard InChI is InChI=1S/C40H59N7O6/c1-28(2)16-17-32(43-38(52)34(24-30-13-7-4-8-14-30)45-36(50)31(42)23-29-11-5-3-6-12-29)37(51)44-33(15-9-10-20-41)39(53)46-21-18-40(19-22-46)26-47(27-40)35(49)25-48/h3-8,11-14,28,31-34,48H,9-10,15-27,41-42H2,1-2H3,(H,43,52)(H,44,51)(H,45,50)/t31?,32-,33-,34-/m1/s1. The zero-order valence-corrected chi connectivity index (χ0v) is 31.3. The smallest absolute Gasteiger partial charge is 0.248 e. The summed E-state index contributed by atoms with van der Waals surface area (Å²) in [5.41, 5.74) is 13.7. The maximum absolute atomic E-state index is 14.0. The number of unbranched alkanes of at least 4 members (excludes halogenated alkanes) is 1. The normalized spacial score (nSPS) is 17.3. The van der Waals surface area contributed by atoms with Gasteiger partial charge < -0.3 is 42.3 Å². The van der Waals surface area contributed by atoms with Gasteiger partial charge in [0.15, 0.2) is 0 Å². The van der Waals surface area contributed by atoms with E-state index in [9.17, 15) is 29.1 Å². The van der Waals surface area contributed by atoms with Gasteiger partial charge in [0, 0.05) is 38.0 Å². The molecule has 1 unspecified atom stereocenters. The first-order valence-electron chi connectivity index (χ1n) is 19.1. The number of hydrogen-bond acceptors (Lipinski definition) is 8. The highest BCUT2D eigenvalue weighted by atomic mass is 16.3. The Kier molecular flexibility index (Phi) is 15.8. The van der Waals surface area contributed by atoms with Crippen molar-refractivity contribution in [3.63, 3.8) is 0 Å². The summed E-state index contributed by atoms with van der Waals surface area (Å²) in [6.07, 6.45) is 4.67. The van der Waals surface area contributed by atoms with E-state index in [1.165, 1.54) is 0 Å². The fraction of sp³-hybridized carbons (Fsp3) is 0.575. The molecular weight excluding hydrogens is 674 g/mol. The van der Waals surface area contributed by atoms with E-state index >= 15 is 0 Å². The van der Waals surface area contributed by atoms with Crippen LogP contribution in [-0.4, -0.2) is 108 Å². The van der Waals surface area contributed by atoms with Gasteiger partial charge in [0.2, 0.25) is 29.5 Å². The van der Waals surface area contributed by atoms with Crippen molar-refractivity contribution in [2.24, 2.45) is 22.8 Å². The number of nitrogens with zero attached hydrogens (tertiary/aromatic N) is 2. The van der Waals surface area contributed by atoms with Crippen LogP contribution in [0.25, 0.3) is 0 Å². The molecule has 0 aliphatic carbocycles. The van der Waals surface area contributed by atoms with Gasteiger partial charge in [-0.3, -0.25) is 24.0 Å². The molecule has 0 aromatic heterocycles. The van der Waals surface area contributed by atoms with Gasteiger partial charge in [0.1, 0.15) is 24.7 Å². The molecule has 2 aliphatic heterocycles. The molecule has 13 nitrogen and oxygen atoms in total. The second-order valence-corrected chi connectivity index (χ2v) is 15.2. The molecule has 2 aliphatic rings. The lowest BCUT2D eigenvalue weighted by Gasteiger charge is -2.54. The van der Waals surface area contributed by atoms with Crippen molar-refractivity contribution in [1.82, 2.24) is 25.8 Å². The third-order valence-electron chi connectivity index (χ3n) is 10.5. The molecule has 4 atom stereocenters. The first-order valence-corrected chi connectivity index (χ1v) is 19.1. The first-order chi connectivity index (χ1) is 25.4. The van der Waals surface area contributed by atoms with E-state index in [2.05, 4.69) is 16.0 Å². The Hall–Kier alpha value is -4.33. The summed E-state index contributed by atoms with van der Waals surface area (Å²) in [5, 5.41) is 17.9. The number of aliphatic hydroxyl groups excluding tert-OH is 1. The van der Waals surface area contributed by atoms with Gasteiger partial charge in [-0.25, -0.2) is 0 Å². The predicted octanol–water partition coefficient (Wildman–Crippen LogP) is 1.26. The number of piperidine rings is 1. The van der Waals surface area contributed by atoms with E-state index in [1.807, 2.05) is 74.5 Å². The minimum absolute atomic E-state index is 0.0523. The molecule has 290 valence electrons. The van der Waals surface area contributed by atoms with Crippen molar-refractivity contribution in [2.45, 2.75) is 95.8 Å². The summed E-state index contributed by atoms with van der Waals surface area (Å²) in [4.78, 5) is 70.6. The number of benzene rings is 2. The number of amides is 5. The van der Waals surface area contributed by atoms with Crippen LogP contribution in [0, 0.1) is 11.3 Å². The second kappa shape index (κ2) is 20.2. The minimum atomic E-state index is -1.00. The molecule has 5 amide bonds. The van der Waals surface area contributed by atoms with E-state index in [0.717, 1.165) is 24.0 Å². The van der Waals surface area contributed by atoms with Gasteiger partial charge in [-0.2, -0.15) is 0 Å². The number of rotatable bonds is 19. The molecule has 2 aromatic carbocycles. The fourth-order valence-electron chi connectivity index (χ4n) is 7.14. The summed E-state index contributed by atoms with van der Waals surface area (Å²) in [5.74, 6) is -1.66. The number of likely N-dealkylation sites (tertiary alicyclic amines) is 2. The van der Waals surface area contributed by atoms with E-state index in [-0.39, 0.29) is 29.6 Å². The van der Waals surface area contributed by atoms with Crippen LogP contribution in [0.5, 0.6) is 0 Å². The van der Waals surface area contributed by atoms with Crippen LogP contribution >= 0.6 is 0 Å². The van der Waals surface area contributed by atoms with Crippen LogP contribution < -0.4 is 27.4 Å². The molecular formula is C40H59N7O6. The molecule has 0 bridgehead atoms. The number of nitrogens with one attached hydrogen (secondary N) is 3. The number of carbonyl (C=O) groups excluding carboxylic acids is 5. The topological polar surface area (TPSA) is 200 Å².